The molecule has 1 nitrogen and oxygen atoms in total. The highest BCUT2D eigenvalue weighted by Crippen LogP contribution is 2.58. The van der Waals surface area contributed by atoms with Crippen LogP contribution in [0, 0.1) is 10.8 Å². The van der Waals surface area contributed by atoms with Gasteiger partial charge in [0.25, 0.3) is 0 Å². The van der Waals surface area contributed by atoms with Crippen molar-refractivity contribution in [2.24, 2.45) is 10.8 Å². The van der Waals surface area contributed by atoms with E-state index in [9.17, 15) is 0 Å². The quantitative estimate of drug-likeness (QED) is 0.516. The fourth-order valence-corrected chi connectivity index (χ4v) is 2.20. The zero-order valence-corrected chi connectivity index (χ0v) is 6.33. The second-order valence-corrected chi connectivity index (χ2v) is 4.22. The molecule has 9 heavy (non-hydrogen) atoms. The van der Waals surface area contributed by atoms with E-state index in [0.717, 1.165) is 0 Å². The van der Waals surface area contributed by atoms with Gasteiger partial charge in [-0.1, -0.05) is 13.8 Å². The highest BCUT2D eigenvalue weighted by Gasteiger charge is 2.55. The number of hydrogen-bond acceptors (Lipinski definition) is 1. The van der Waals surface area contributed by atoms with E-state index in [1.165, 1.54) is 25.9 Å². The van der Waals surface area contributed by atoms with Crippen LogP contribution in [0.1, 0.15) is 26.7 Å². The molecule has 1 aliphatic heterocycles. The summed E-state index contributed by atoms with van der Waals surface area (Å²) in [5.74, 6) is 0. The van der Waals surface area contributed by atoms with E-state index in [-0.39, 0.29) is 0 Å². The molecule has 1 aliphatic carbocycles. The van der Waals surface area contributed by atoms with Crippen molar-refractivity contribution in [1.82, 2.24) is 5.32 Å². The summed E-state index contributed by atoms with van der Waals surface area (Å²) in [5, 5.41) is 3.47. The summed E-state index contributed by atoms with van der Waals surface area (Å²) in [5.41, 5.74) is 1.32. The lowest BCUT2D eigenvalue weighted by atomic mass is 9.53. The fourth-order valence-electron chi connectivity index (χ4n) is 2.20. The van der Waals surface area contributed by atoms with Crippen LogP contribution in [-0.2, 0) is 0 Å². The minimum atomic E-state index is 0.660. The molecule has 1 saturated carbocycles. The van der Waals surface area contributed by atoms with Gasteiger partial charge >= 0.3 is 0 Å². The molecule has 0 spiro atoms. The first-order valence-electron chi connectivity index (χ1n) is 3.87. The SMILES string of the molecule is C[C@@]12CC[C@]1(C)CNC2. The normalized spacial score (nSPS) is 56.7. The first-order valence-corrected chi connectivity index (χ1v) is 3.87. The number of fused-ring (bicyclic) bond motifs is 1. The van der Waals surface area contributed by atoms with Gasteiger partial charge in [-0.05, 0) is 23.7 Å². The molecule has 52 valence electrons. The molecule has 0 bridgehead atoms. The lowest BCUT2D eigenvalue weighted by molar-refractivity contribution is 0.00430. The van der Waals surface area contributed by atoms with E-state index in [1.54, 1.807) is 0 Å². The van der Waals surface area contributed by atoms with Crippen molar-refractivity contribution < 1.29 is 0 Å². The zero-order valence-electron chi connectivity index (χ0n) is 6.33. The topological polar surface area (TPSA) is 12.0 Å². The van der Waals surface area contributed by atoms with E-state index >= 15 is 0 Å². The van der Waals surface area contributed by atoms with Crippen molar-refractivity contribution in [3.63, 3.8) is 0 Å². The highest BCUT2D eigenvalue weighted by atomic mass is 15.0. The Morgan fingerprint density at radius 1 is 1.00 bits per heavy atom. The third-order valence-electron chi connectivity index (χ3n) is 3.72. The monoisotopic (exact) mass is 125 g/mol. The van der Waals surface area contributed by atoms with Crippen LogP contribution >= 0.6 is 0 Å². The van der Waals surface area contributed by atoms with Crippen LogP contribution in [0.5, 0.6) is 0 Å². The minimum Gasteiger partial charge on any atom is -0.316 e. The Morgan fingerprint density at radius 2 is 1.44 bits per heavy atom. The van der Waals surface area contributed by atoms with Gasteiger partial charge in [0.05, 0.1) is 0 Å². The summed E-state index contributed by atoms with van der Waals surface area (Å²) in [7, 11) is 0. The molecule has 2 rings (SSSR count). The summed E-state index contributed by atoms with van der Waals surface area (Å²) in [6.07, 6.45) is 2.88. The Hall–Kier alpha value is -0.0400. The molecule has 0 aromatic rings. The van der Waals surface area contributed by atoms with Gasteiger partial charge in [-0.25, -0.2) is 0 Å². The number of nitrogens with one attached hydrogen (secondary N) is 1. The third kappa shape index (κ3) is 0.493. The van der Waals surface area contributed by atoms with Gasteiger partial charge < -0.3 is 5.32 Å². The van der Waals surface area contributed by atoms with Crippen molar-refractivity contribution >= 4 is 0 Å². The molecule has 0 amide bonds. The molecule has 0 aromatic carbocycles. The molecular weight excluding hydrogens is 110 g/mol. The van der Waals surface area contributed by atoms with Gasteiger partial charge in [-0.15, -0.1) is 0 Å². The lowest BCUT2D eigenvalue weighted by Gasteiger charge is -2.50. The van der Waals surface area contributed by atoms with Crippen molar-refractivity contribution in [3.8, 4) is 0 Å². The molecular formula is C8H15N. The van der Waals surface area contributed by atoms with E-state index in [0.29, 0.717) is 10.8 Å². The van der Waals surface area contributed by atoms with E-state index < -0.39 is 0 Å². The van der Waals surface area contributed by atoms with Crippen molar-refractivity contribution in [3.05, 3.63) is 0 Å². The molecule has 2 fully saturated rings. The third-order valence-corrected chi connectivity index (χ3v) is 3.72. The summed E-state index contributed by atoms with van der Waals surface area (Å²) in [6, 6.07) is 0. The molecule has 0 unspecified atom stereocenters. The van der Waals surface area contributed by atoms with E-state index in [4.69, 9.17) is 0 Å². The molecule has 2 aliphatic rings. The summed E-state index contributed by atoms with van der Waals surface area (Å²) in [4.78, 5) is 0. The van der Waals surface area contributed by atoms with Crippen molar-refractivity contribution in [1.29, 1.82) is 0 Å². The Bertz CT molecular complexity index is 128. The predicted octanol–water partition coefficient (Wildman–Crippen LogP) is 1.40. The average molecular weight is 125 g/mol. The Kier molecular flexibility index (Phi) is 0.852. The molecule has 0 aromatic heterocycles. The van der Waals surface area contributed by atoms with Gasteiger partial charge in [0.15, 0.2) is 0 Å². The van der Waals surface area contributed by atoms with E-state index in [2.05, 4.69) is 19.2 Å². The van der Waals surface area contributed by atoms with Gasteiger partial charge in [0.2, 0.25) is 0 Å². The van der Waals surface area contributed by atoms with Crippen molar-refractivity contribution in [2.75, 3.05) is 13.1 Å². The average Bonchev–Trinajstić information content (AvgIpc) is 1.98. The van der Waals surface area contributed by atoms with Crippen molar-refractivity contribution in [2.45, 2.75) is 26.7 Å². The van der Waals surface area contributed by atoms with Crippen LogP contribution in [0.4, 0.5) is 0 Å². The van der Waals surface area contributed by atoms with E-state index in [1.807, 2.05) is 0 Å². The Morgan fingerprint density at radius 3 is 1.67 bits per heavy atom. The maximum Gasteiger partial charge on any atom is 0.00111 e. The first-order chi connectivity index (χ1) is 4.16. The maximum absolute atomic E-state index is 3.47. The molecule has 1 saturated heterocycles. The van der Waals surface area contributed by atoms with Gasteiger partial charge in [-0.2, -0.15) is 0 Å². The predicted molar refractivity (Wildman–Crippen MR) is 38.3 cm³/mol. The fraction of sp³-hybridized carbons (Fsp3) is 1.00. The smallest absolute Gasteiger partial charge is 0.00111 e. The van der Waals surface area contributed by atoms with Crippen LogP contribution in [0.25, 0.3) is 0 Å². The first kappa shape index (κ1) is 5.72. The molecule has 0 radical (unpaired) electrons. The van der Waals surface area contributed by atoms with Gasteiger partial charge in [-0.3, -0.25) is 0 Å². The molecule has 1 N–H and O–H groups in total. The largest absolute Gasteiger partial charge is 0.316 e. The summed E-state index contributed by atoms with van der Waals surface area (Å²) < 4.78 is 0. The highest BCUT2D eigenvalue weighted by molar-refractivity contribution is 5.08. The van der Waals surface area contributed by atoms with Crippen LogP contribution in [0.3, 0.4) is 0 Å². The minimum absolute atomic E-state index is 0.660. The zero-order chi connectivity index (χ0) is 6.54. The molecule has 2 atom stereocenters. The van der Waals surface area contributed by atoms with Crippen LogP contribution in [0.2, 0.25) is 0 Å². The van der Waals surface area contributed by atoms with Gasteiger partial charge in [0.1, 0.15) is 0 Å². The number of hydrogen-bond donors (Lipinski definition) is 1. The van der Waals surface area contributed by atoms with Crippen LogP contribution in [-0.4, -0.2) is 13.1 Å². The Balaban J connectivity index is 2.26. The maximum atomic E-state index is 3.47. The molecule has 1 heteroatoms. The van der Waals surface area contributed by atoms with Crippen LogP contribution < -0.4 is 5.32 Å². The summed E-state index contributed by atoms with van der Waals surface area (Å²) in [6.45, 7) is 7.33. The standard InChI is InChI=1S/C8H15N/c1-7-3-4-8(7,2)6-9-5-7/h9H,3-6H2,1-2H3/t7-,8+. The Labute approximate surface area is 56.8 Å². The lowest BCUT2D eigenvalue weighted by Crippen LogP contribution is -2.45. The summed E-state index contributed by atoms with van der Waals surface area (Å²) >= 11 is 0. The van der Waals surface area contributed by atoms with Crippen LogP contribution in [0.15, 0.2) is 0 Å². The second kappa shape index (κ2) is 1.34. The van der Waals surface area contributed by atoms with Gasteiger partial charge in [0, 0.05) is 13.1 Å². The number of rotatable bonds is 0. The molecule has 1 heterocycles. The second-order valence-electron chi connectivity index (χ2n) is 4.22.